The van der Waals surface area contributed by atoms with Gasteiger partial charge in [-0.25, -0.2) is 4.79 Å². The first-order chi connectivity index (χ1) is 7.83. The monoisotopic (exact) mass is 236 g/mol. The number of para-hydroxylation sites is 1. The van der Waals surface area contributed by atoms with Crippen molar-refractivity contribution in [2.75, 3.05) is 5.32 Å². The van der Waals surface area contributed by atoms with Gasteiger partial charge in [0.2, 0.25) is 0 Å². The molecule has 2 amide bonds. The number of hydrogen-bond acceptors (Lipinski definition) is 2. The molecule has 0 saturated carbocycles. The molecule has 0 aromatic heterocycles. The van der Waals surface area contributed by atoms with Crippen molar-refractivity contribution in [1.82, 2.24) is 0 Å². The number of anilines is 1. The summed E-state index contributed by atoms with van der Waals surface area (Å²) in [5.74, 6) is -0.883. The van der Waals surface area contributed by atoms with Crippen LogP contribution >= 0.6 is 0 Å². The Labute approximate surface area is 99.6 Å². The van der Waals surface area contributed by atoms with Gasteiger partial charge in [-0.2, -0.15) is 0 Å². The normalized spacial score (nSPS) is 10.9. The Morgan fingerprint density at radius 2 is 1.94 bits per heavy atom. The zero-order chi connectivity index (χ0) is 13.1. The molecule has 17 heavy (non-hydrogen) atoms. The van der Waals surface area contributed by atoms with Crippen molar-refractivity contribution in [3.63, 3.8) is 0 Å². The molecule has 1 rings (SSSR count). The van der Waals surface area contributed by atoms with Crippen molar-refractivity contribution in [1.29, 1.82) is 0 Å². The van der Waals surface area contributed by atoms with Crippen LogP contribution in [0.2, 0.25) is 0 Å². The number of aliphatic carboxylic acids is 1. The van der Waals surface area contributed by atoms with E-state index in [4.69, 9.17) is 10.8 Å². The van der Waals surface area contributed by atoms with Crippen LogP contribution in [0.25, 0.3) is 0 Å². The second kappa shape index (κ2) is 4.86. The lowest BCUT2D eigenvalue weighted by molar-refractivity contribution is -0.146. The maximum Gasteiger partial charge on any atom is 0.316 e. The quantitative estimate of drug-likeness (QED) is 0.744. The third kappa shape index (κ3) is 3.48. The highest BCUT2D eigenvalue weighted by molar-refractivity contribution is 5.88. The number of carboxylic acid groups (broad SMARTS) is 1. The molecule has 4 N–H and O–H groups in total. The highest BCUT2D eigenvalue weighted by atomic mass is 16.4. The van der Waals surface area contributed by atoms with Gasteiger partial charge in [0.25, 0.3) is 0 Å². The second-order valence-corrected chi connectivity index (χ2v) is 4.51. The lowest BCUT2D eigenvalue weighted by Crippen LogP contribution is -2.27. The van der Waals surface area contributed by atoms with E-state index >= 15 is 0 Å². The largest absolute Gasteiger partial charge is 0.481 e. The third-order valence-corrected chi connectivity index (χ3v) is 2.49. The van der Waals surface area contributed by atoms with Crippen LogP contribution in [-0.4, -0.2) is 17.1 Å². The number of carbonyl (C=O) groups excluding carboxylic acids is 1. The molecule has 0 unspecified atom stereocenters. The molecule has 0 fully saturated rings. The number of carbonyl (C=O) groups is 2. The first kappa shape index (κ1) is 13.0. The van der Waals surface area contributed by atoms with E-state index < -0.39 is 17.4 Å². The summed E-state index contributed by atoms with van der Waals surface area (Å²) < 4.78 is 0. The summed E-state index contributed by atoms with van der Waals surface area (Å²) >= 11 is 0. The molecule has 1 aromatic rings. The van der Waals surface area contributed by atoms with Gasteiger partial charge in [-0.05, 0) is 31.9 Å². The summed E-state index contributed by atoms with van der Waals surface area (Å²) in [4.78, 5) is 21.9. The molecule has 0 atom stereocenters. The van der Waals surface area contributed by atoms with Gasteiger partial charge in [0.05, 0.1) is 5.41 Å². The fourth-order valence-electron chi connectivity index (χ4n) is 1.48. The van der Waals surface area contributed by atoms with Crippen molar-refractivity contribution in [2.45, 2.75) is 20.3 Å². The molecule has 5 nitrogen and oxygen atoms in total. The molecule has 0 heterocycles. The Morgan fingerprint density at radius 3 is 2.47 bits per heavy atom. The fraction of sp³-hybridized carbons (Fsp3) is 0.333. The van der Waals surface area contributed by atoms with Crippen LogP contribution in [0.1, 0.15) is 19.4 Å². The number of nitrogens with one attached hydrogen (secondary N) is 1. The van der Waals surface area contributed by atoms with E-state index in [2.05, 4.69) is 5.32 Å². The minimum atomic E-state index is -0.893. The zero-order valence-corrected chi connectivity index (χ0v) is 9.86. The van der Waals surface area contributed by atoms with Gasteiger partial charge < -0.3 is 16.2 Å². The molecular weight excluding hydrogens is 220 g/mol. The minimum absolute atomic E-state index is 0.318. The lowest BCUT2D eigenvalue weighted by atomic mass is 9.85. The molecule has 5 heteroatoms. The summed E-state index contributed by atoms with van der Waals surface area (Å²) in [6, 6.07) is 6.35. The number of benzene rings is 1. The van der Waals surface area contributed by atoms with Crippen LogP contribution in [-0.2, 0) is 11.2 Å². The Morgan fingerprint density at radius 1 is 1.35 bits per heavy atom. The summed E-state index contributed by atoms with van der Waals surface area (Å²) in [5.41, 5.74) is 5.46. The second-order valence-electron chi connectivity index (χ2n) is 4.51. The standard InChI is InChI=1S/C12H16N2O3/c1-12(2,10(15)16)7-8-5-3-4-6-9(8)14-11(13)17/h3-6H,7H2,1-2H3,(H,15,16)(H3,13,14,17). The number of carboxylic acids is 1. The topological polar surface area (TPSA) is 92.4 Å². The van der Waals surface area contributed by atoms with E-state index in [1.54, 1.807) is 38.1 Å². The molecule has 0 spiro atoms. The minimum Gasteiger partial charge on any atom is -0.481 e. The molecule has 0 aliphatic heterocycles. The molecule has 0 aliphatic rings. The molecular formula is C12H16N2O3. The van der Waals surface area contributed by atoms with Crippen LogP contribution in [0.4, 0.5) is 10.5 Å². The van der Waals surface area contributed by atoms with Gasteiger partial charge in [-0.15, -0.1) is 0 Å². The molecule has 1 aromatic carbocycles. The van der Waals surface area contributed by atoms with Crippen molar-refractivity contribution >= 4 is 17.7 Å². The van der Waals surface area contributed by atoms with Crippen LogP contribution in [0.3, 0.4) is 0 Å². The average Bonchev–Trinajstić information content (AvgIpc) is 2.19. The summed E-state index contributed by atoms with van der Waals surface area (Å²) in [5, 5.41) is 11.5. The molecule has 0 aliphatic carbocycles. The highest BCUT2D eigenvalue weighted by Gasteiger charge is 2.28. The molecule has 0 radical (unpaired) electrons. The van der Waals surface area contributed by atoms with E-state index in [0.717, 1.165) is 5.56 Å². The summed E-state index contributed by atoms with van der Waals surface area (Å²) in [6.07, 6.45) is 0.318. The van der Waals surface area contributed by atoms with Gasteiger partial charge in [0.1, 0.15) is 0 Å². The van der Waals surface area contributed by atoms with Crippen LogP contribution in [0.5, 0.6) is 0 Å². The van der Waals surface area contributed by atoms with E-state index in [1.165, 1.54) is 0 Å². The van der Waals surface area contributed by atoms with Crippen LogP contribution in [0, 0.1) is 5.41 Å². The number of primary amides is 1. The van der Waals surface area contributed by atoms with Crippen molar-refractivity contribution in [3.8, 4) is 0 Å². The number of urea groups is 1. The predicted molar refractivity (Wildman–Crippen MR) is 64.8 cm³/mol. The Balaban J connectivity index is 2.98. The van der Waals surface area contributed by atoms with Crippen molar-refractivity contribution < 1.29 is 14.7 Å². The number of amides is 2. The van der Waals surface area contributed by atoms with Gasteiger partial charge in [0.15, 0.2) is 0 Å². The maximum absolute atomic E-state index is 11.0. The Kier molecular flexibility index (Phi) is 3.73. The van der Waals surface area contributed by atoms with E-state index in [-0.39, 0.29) is 0 Å². The lowest BCUT2D eigenvalue weighted by Gasteiger charge is -2.20. The SMILES string of the molecule is CC(C)(Cc1ccccc1NC(N)=O)C(=O)O. The number of rotatable bonds is 4. The van der Waals surface area contributed by atoms with Gasteiger partial charge in [0, 0.05) is 5.69 Å². The smallest absolute Gasteiger partial charge is 0.316 e. The zero-order valence-electron chi connectivity index (χ0n) is 9.86. The van der Waals surface area contributed by atoms with Crippen molar-refractivity contribution in [2.24, 2.45) is 11.1 Å². The first-order valence-electron chi connectivity index (χ1n) is 5.20. The number of hydrogen-bond donors (Lipinski definition) is 3. The third-order valence-electron chi connectivity index (χ3n) is 2.49. The number of nitrogens with two attached hydrogens (primary N) is 1. The summed E-state index contributed by atoms with van der Waals surface area (Å²) in [7, 11) is 0. The summed E-state index contributed by atoms with van der Waals surface area (Å²) in [6.45, 7) is 3.27. The fourth-order valence-corrected chi connectivity index (χ4v) is 1.48. The Bertz CT molecular complexity index is 441. The molecule has 0 saturated heterocycles. The van der Waals surface area contributed by atoms with Crippen molar-refractivity contribution in [3.05, 3.63) is 29.8 Å². The van der Waals surface area contributed by atoms with Gasteiger partial charge >= 0.3 is 12.0 Å². The van der Waals surface area contributed by atoms with E-state index in [1.807, 2.05) is 0 Å². The molecule has 92 valence electrons. The van der Waals surface area contributed by atoms with E-state index in [9.17, 15) is 9.59 Å². The average molecular weight is 236 g/mol. The predicted octanol–water partition coefficient (Wildman–Crippen LogP) is 1.83. The van der Waals surface area contributed by atoms with Gasteiger partial charge in [-0.3, -0.25) is 4.79 Å². The van der Waals surface area contributed by atoms with Crippen LogP contribution < -0.4 is 11.1 Å². The van der Waals surface area contributed by atoms with E-state index in [0.29, 0.717) is 12.1 Å². The molecule has 0 bridgehead atoms. The van der Waals surface area contributed by atoms with Crippen LogP contribution in [0.15, 0.2) is 24.3 Å². The highest BCUT2D eigenvalue weighted by Crippen LogP contribution is 2.26. The van der Waals surface area contributed by atoms with Gasteiger partial charge in [-0.1, -0.05) is 18.2 Å². The Hall–Kier alpha value is -2.04. The first-order valence-corrected chi connectivity index (χ1v) is 5.20. The maximum atomic E-state index is 11.0.